The summed E-state index contributed by atoms with van der Waals surface area (Å²) >= 11 is 0. The molecule has 0 spiro atoms. The smallest absolute Gasteiger partial charge is 0.460 e. The first-order valence-corrected chi connectivity index (χ1v) is 11.2. The minimum Gasteiger partial charge on any atom is -0.465 e. The molecule has 0 radical (unpaired) electrons. The lowest BCUT2D eigenvalue weighted by Gasteiger charge is -2.44. The highest BCUT2D eigenvalue weighted by molar-refractivity contribution is 5.69. The van der Waals surface area contributed by atoms with Crippen LogP contribution in [0.25, 0.3) is 0 Å². The summed E-state index contributed by atoms with van der Waals surface area (Å²) in [7, 11) is 0. The zero-order valence-corrected chi connectivity index (χ0v) is 21.3. The Morgan fingerprint density at radius 3 is 1.11 bits per heavy atom. The van der Waals surface area contributed by atoms with Crippen molar-refractivity contribution in [3.05, 3.63) is 0 Å². The first-order chi connectivity index (χ1) is 19.6. The molecule has 0 saturated heterocycles. The number of alkyl halides is 21. The Morgan fingerprint density at radius 2 is 0.800 bits per heavy atom. The number of ether oxygens (including phenoxy) is 1. The molecule has 0 aromatic rings. The first kappa shape index (κ1) is 42.9. The summed E-state index contributed by atoms with van der Waals surface area (Å²) < 4.78 is 284. The van der Waals surface area contributed by atoms with Gasteiger partial charge in [-0.3, -0.25) is 9.69 Å². The molecular formula is C19H18F21NO4. The van der Waals surface area contributed by atoms with Crippen molar-refractivity contribution >= 4 is 5.97 Å². The second-order valence-corrected chi connectivity index (χ2v) is 8.81. The molecule has 270 valence electrons. The van der Waals surface area contributed by atoms with Crippen LogP contribution in [0.1, 0.15) is 12.8 Å². The number of rotatable bonds is 18. The molecule has 0 atom stereocenters. The molecule has 0 rings (SSSR count). The SMILES string of the molecule is O=C(CCN(CCO)CCO)OCCC(F)(F)C(F)(F)C(F)(F)C(F)(F)C(F)(F)C(F)(F)C(F)(F)C(F)(F)C(F)(F)C(F)(F)F. The maximum atomic E-state index is 13.9. The Labute approximate surface area is 235 Å². The number of hydrogen-bond acceptors (Lipinski definition) is 5. The molecule has 2 N–H and O–H groups in total. The molecule has 45 heavy (non-hydrogen) atoms. The van der Waals surface area contributed by atoms with Crippen LogP contribution in [0.15, 0.2) is 0 Å². The number of hydrogen-bond donors (Lipinski definition) is 2. The average molecular weight is 723 g/mol. The maximum absolute atomic E-state index is 13.9. The van der Waals surface area contributed by atoms with Crippen LogP contribution in [0.3, 0.4) is 0 Å². The molecule has 0 unspecified atom stereocenters. The third-order valence-electron chi connectivity index (χ3n) is 5.72. The Bertz CT molecular complexity index is 991. The molecule has 0 bridgehead atoms. The van der Waals surface area contributed by atoms with Crippen molar-refractivity contribution in [3.63, 3.8) is 0 Å². The number of nitrogens with zero attached hydrogens (tertiary/aromatic N) is 1. The highest BCUT2D eigenvalue weighted by Gasteiger charge is 2.97. The van der Waals surface area contributed by atoms with E-state index >= 15 is 0 Å². The zero-order chi connectivity index (χ0) is 36.5. The Hall–Kier alpha value is -2.12. The Balaban J connectivity index is 6.30. The van der Waals surface area contributed by atoms with E-state index in [9.17, 15) is 97.0 Å². The van der Waals surface area contributed by atoms with Gasteiger partial charge in [-0.25, -0.2) is 0 Å². The lowest BCUT2D eigenvalue weighted by Crippen LogP contribution is -2.76. The summed E-state index contributed by atoms with van der Waals surface area (Å²) in [6.07, 6.45) is -12.0. The van der Waals surface area contributed by atoms with Crippen molar-refractivity contribution in [2.24, 2.45) is 0 Å². The van der Waals surface area contributed by atoms with Crippen LogP contribution in [0.4, 0.5) is 92.2 Å². The van der Waals surface area contributed by atoms with E-state index in [4.69, 9.17) is 10.2 Å². The monoisotopic (exact) mass is 723 g/mol. The normalized spacial score (nSPS) is 15.6. The molecule has 0 fully saturated rings. The van der Waals surface area contributed by atoms with Crippen molar-refractivity contribution in [2.75, 3.05) is 39.5 Å². The number of carbonyl (C=O) groups excluding carboxylic acids is 1. The summed E-state index contributed by atoms with van der Waals surface area (Å²) in [6.45, 7) is -4.22. The largest absolute Gasteiger partial charge is 0.465 e. The number of carbonyl (C=O) groups is 1. The number of aliphatic hydroxyl groups excluding tert-OH is 2. The van der Waals surface area contributed by atoms with Crippen molar-refractivity contribution in [3.8, 4) is 0 Å². The summed E-state index contributed by atoms with van der Waals surface area (Å²) in [5.41, 5.74) is 0. The standard InChI is InChI=1S/C19H18F21NO4/c20-10(21,2-8-45-9(44)1-3-41(4-6-42)5-7-43)11(22,23)12(24,25)13(26,27)14(28,29)15(30,31)16(32,33)17(34,35)18(36,37)19(38,39)40/h42-43H,1-8H2. The van der Waals surface area contributed by atoms with Crippen molar-refractivity contribution in [2.45, 2.75) is 72.3 Å². The fraction of sp³-hybridized carbons (Fsp3) is 0.947. The van der Waals surface area contributed by atoms with Crippen LogP contribution >= 0.6 is 0 Å². The van der Waals surface area contributed by atoms with Gasteiger partial charge in [0, 0.05) is 19.6 Å². The van der Waals surface area contributed by atoms with E-state index in [0.29, 0.717) is 0 Å². The summed E-state index contributed by atoms with van der Waals surface area (Å²) in [5, 5.41) is 17.5. The van der Waals surface area contributed by atoms with Gasteiger partial charge in [-0.05, 0) is 0 Å². The third kappa shape index (κ3) is 7.10. The van der Waals surface area contributed by atoms with Gasteiger partial charge in [0.2, 0.25) is 0 Å². The molecule has 0 aliphatic carbocycles. The fourth-order valence-corrected chi connectivity index (χ4v) is 2.98. The molecule has 0 heterocycles. The maximum Gasteiger partial charge on any atom is 0.460 e. The van der Waals surface area contributed by atoms with E-state index in [-0.39, 0.29) is 13.1 Å². The summed E-state index contributed by atoms with van der Waals surface area (Å²) in [4.78, 5) is 12.6. The van der Waals surface area contributed by atoms with E-state index in [2.05, 4.69) is 4.74 Å². The molecular weight excluding hydrogens is 705 g/mol. The quantitative estimate of drug-likeness (QED) is 0.137. The molecule has 0 aromatic heterocycles. The molecule has 0 aliphatic heterocycles. The van der Waals surface area contributed by atoms with Gasteiger partial charge in [-0.2, -0.15) is 92.2 Å². The van der Waals surface area contributed by atoms with E-state index < -0.39 is 105 Å². The van der Waals surface area contributed by atoms with Gasteiger partial charge in [0.25, 0.3) is 0 Å². The van der Waals surface area contributed by atoms with Crippen molar-refractivity contribution < 1.29 is 112 Å². The van der Waals surface area contributed by atoms with Gasteiger partial charge in [0.15, 0.2) is 0 Å². The molecule has 5 nitrogen and oxygen atoms in total. The van der Waals surface area contributed by atoms with Gasteiger partial charge in [-0.1, -0.05) is 0 Å². The summed E-state index contributed by atoms with van der Waals surface area (Å²) in [5.74, 6) is -79.4. The third-order valence-corrected chi connectivity index (χ3v) is 5.72. The number of aliphatic hydroxyl groups is 2. The Morgan fingerprint density at radius 1 is 0.489 bits per heavy atom. The average Bonchev–Trinajstić information content (AvgIpc) is 2.85. The van der Waals surface area contributed by atoms with Crippen LogP contribution in [-0.4, -0.2) is 120 Å². The van der Waals surface area contributed by atoms with Crippen molar-refractivity contribution in [1.82, 2.24) is 4.90 Å². The van der Waals surface area contributed by atoms with E-state index in [1.165, 1.54) is 0 Å². The summed E-state index contributed by atoms with van der Waals surface area (Å²) in [6, 6.07) is 0. The van der Waals surface area contributed by atoms with E-state index in [1.807, 2.05) is 0 Å². The first-order valence-electron chi connectivity index (χ1n) is 11.2. The molecule has 0 aliphatic rings. The Kier molecular flexibility index (Phi) is 12.6. The van der Waals surface area contributed by atoms with Crippen LogP contribution in [0, 0.1) is 0 Å². The van der Waals surface area contributed by atoms with Crippen LogP contribution in [0.2, 0.25) is 0 Å². The van der Waals surface area contributed by atoms with Crippen LogP contribution in [-0.2, 0) is 9.53 Å². The topological polar surface area (TPSA) is 70.0 Å². The van der Waals surface area contributed by atoms with Crippen molar-refractivity contribution in [1.29, 1.82) is 0 Å². The van der Waals surface area contributed by atoms with E-state index in [0.717, 1.165) is 4.90 Å². The van der Waals surface area contributed by atoms with Crippen LogP contribution in [0.5, 0.6) is 0 Å². The van der Waals surface area contributed by atoms with E-state index in [1.54, 1.807) is 0 Å². The molecule has 0 saturated carbocycles. The van der Waals surface area contributed by atoms with Gasteiger partial charge in [-0.15, -0.1) is 0 Å². The minimum atomic E-state index is -9.24. The molecule has 0 aromatic carbocycles. The van der Waals surface area contributed by atoms with Gasteiger partial charge in [0.05, 0.1) is 32.7 Å². The fourth-order valence-electron chi connectivity index (χ4n) is 2.98. The molecule has 26 heteroatoms. The van der Waals surface area contributed by atoms with Crippen LogP contribution < -0.4 is 0 Å². The highest BCUT2D eigenvalue weighted by atomic mass is 19.4. The minimum absolute atomic E-state index is 0.223. The number of esters is 1. The lowest BCUT2D eigenvalue weighted by atomic mass is 9.86. The molecule has 0 amide bonds. The van der Waals surface area contributed by atoms with Gasteiger partial charge < -0.3 is 14.9 Å². The second kappa shape index (κ2) is 13.2. The second-order valence-electron chi connectivity index (χ2n) is 8.81. The van der Waals surface area contributed by atoms with Gasteiger partial charge >= 0.3 is 65.4 Å². The zero-order valence-electron chi connectivity index (χ0n) is 21.3. The predicted molar refractivity (Wildman–Crippen MR) is 101 cm³/mol. The highest BCUT2D eigenvalue weighted by Crippen LogP contribution is 2.66. The number of halogens is 21. The van der Waals surface area contributed by atoms with Gasteiger partial charge in [0.1, 0.15) is 0 Å². The predicted octanol–water partition coefficient (Wildman–Crippen LogP) is 5.88. The lowest BCUT2D eigenvalue weighted by molar-refractivity contribution is -0.474.